The minimum absolute atomic E-state index is 0.109. The summed E-state index contributed by atoms with van der Waals surface area (Å²) < 4.78 is 10.7. The van der Waals surface area contributed by atoms with Gasteiger partial charge in [-0.1, -0.05) is 45.2 Å². The first kappa shape index (κ1) is 19.1. The van der Waals surface area contributed by atoms with E-state index in [0.717, 1.165) is 19.3 Å². The lowest BCUT2D eigenvalue weighted by molar-refractivity contribution is -0.175. The maximum Gasteiger partial charge on any atom is 0.339 e. The van der Waals surface area contributed by atoms with Gasteiger partial charge in [0.15, 0.2) is 5.60 Å². The van der Waals surface area contributed by atoms with Crippen molar-refractivity contribution in [1.82, 2.24) is 0 Å². The van der Waals surface area contributed by atoms with Crippen LogP contribution in [0.15, 0.2) is 24.3 Å². The number of esters is 2. The molecule has 1 aliphatic rings. The van der Waals surface area contributed by atoms with Crippen molar-refractivity contribution in [2.45, 2.75) is 52.6 Å². The van der Waals surface area contributed by atoms with Gasteiger partial charge in [-0.2, -0.15) is 0 Å². The molecule has 2 atom stereocenters. The Bertz CT molecular complexity index is 723. The molecule has 134 valence electrons. The van der Waals surface area contributed by atoms with Crippen molar-refractivity contribution in [1.29, 1.82) is 0 Å². The number of benzene rings is 1. The van der Waals surface area contributed by atoms with Crippen molar-refractivity contribution in [3.8, 4) is 11.8 Å². The Morgan fingerprint density at radius 3 is 2.52 bits per heavy atom. The lowest BCUT2D eigenvalue weighted by Gasteiger charge is -2.49. The first-order valence-corrected chi connectivity index (χ1v) is 8.63. The van der Waals surface area contributed by atoms with Crippen LogP contribution in [-0.4, -0.2) is 24.6 Å². The summed E-state index contributed by atoms with van der Waals surface area (Å²) >= 11 is 0. The molecule has 0 saturated heterocycles. The van der Waals surface area contributed by atoms with Gasteiger partial charge in [0.1, 0.15) is 0 Å². The van der Waals surface area contributed by atoms with Crippen LogP contribution < -0.4 is 0 Å². The van der Waals surface area contributed by atoms with Gasteiger partial charge >= 0.3 is 11.9 Å². The molecule has 0 N–H and O–H groups in total. The van der Waals surface area contributed by atoms with E-state index in [0.29, 0.717) is 11.1 Å². The molecule has 2 rings (SSSR count). The molecular formula is C21H26O4. The van der Waals surface area contributed by atoms with Crippen molar-refractivity contribution in [2.24, 2.45) is 11.3 Å². The van der Waals surface area contributed by atoms with E-state index in [1.807, 2.05) is 6.07 Å². The van der Waals surface area contributed by atoms with E-state index in [-0.39, 0.29) is 17.3 Å². The van der Waals surface area contributed by atoms with Crippen LogP contribution >= 0.6 is 0 Å². The molecule has 2 unspecified atom stereocenters. The molecule has 0 bridgehead atoms. The molecule has 4 heteroatoms. The maximum absolute atomic E-state index is 12.0. The third-order valence-electron chi connectivity index (χ3n) is 5.16. The Hall–Kier alpha value is -2.28. The summed E-state index contributed by atoms with van der Waals surface area (Å²) in [4.78, 5) is 23.8. The smallest absolute Gasteiger partial charge is 0.339 e. The third-order valence-corrected chi connectivity index (χ3v) is 5.16. The summed E-state index contributed by atoms with van der Waals surface area (Å²) in [5, 5.41) is 0. The number of carbonyl (C=O) groups is 2. The lowest BCUT2D eigenvalue weighted by Crippen LogP contribution is -2.54. The van der Waals surface area contributed by atoms with Gasteiger partial charge in [-0.05, 0) is 30.9 Å². The molecule has 1 aromatic rings. The fourth-order valence-electron chi connectivity index (χ4n) is 3.73. The molecule has 1 saturated carbocycles. The third kappa shape index (κ3) is 3.71. The van der Waals surface area contributed by atoms with Gasteiger partial charge < -0.3 is 9.47 Å². The van der Waals surface area contributed by atoms with Crippen LogP contribution in [0.5, 0.6) is 0 Å². The molecule has 0 aliphatic heterocycles. The van der Waals surface area contributed by atoms with Crippen molar-refractivity contribution in [3.05, 3.63) is 35.4 Å². The number of ether oxygens (including phenoxy) is 2. The van der Waals surface area contributed by atoms with Crippen LogP contribution in [0.4, 0.5) is 0 Å². The Morgan fingerprint density at radius 2 is 1.92 bits per heavy atom. The van der Waals surface area contributed by atoms with Crippen LogP contribution in [0.1, 0.15) is 62.9 Å². The second-order valence-corrected chi connectivity index (χ2v) is 7.29. The number of hydrogen-bond donors (Lipinski definition) is 0. The molecule has 1 aromatic carbocycles. The van der Waals surface area contributed by atoms with Crippen molar-refractivity contribution in [3.63, 3.8) is 0 Å². The number of rotatable bonds is 2. The summed E-state index contributed by atoms with van der Waals surface area (Å²) in [5.41, 5.74) is -0.157. The van der Waals surface area contributed by atoms with Gasteiger partial charge in [-0.15, -0.1) is 0 Å². The summed E-state index contributed by atoms with van der Waals surface area (Å²) in [5.74, 6) is 5.69. The van der Waals surface area contributed by atoms with Gasteiger partial charge in [-0.25, -0.2) is 4.79 Å². The normalized spacial score (nSPS) is 24.6. The van der Waals surface area contributed by atoms with E-state index in [2.05, 4.69) is 32.6 Å². The highest BCUT2D eigenvalue weighted by Gasteiger charge is 2.53. The van der Waals surface area contributed by atoms with Crippen molar-refractivity contribution < 1.29 is 19.1 Å². The van der Waals surface area contributed by atoms with E-state index < -0.39 is 11.6 Å². The molecule has 25 heavy (non-hydrogen) atoms. The fraction of sp³-hybridized carbons (Fsp3) is 0.524. The van der Waals surface area contributed by atoms with Crippen molar-refractivity contribution >= 4 is 11.9 Å². The van der Waals surface area contributed by atoms with Gasteiger partial charge in [-0.3, -0.25) is 4.79 Å². The molecule has 0 aromatic heterocycles. The monoisotopic (exact) mass is 342 g/mol. The topological polar surface area (TPSA) is 52.6 Å². The average molecular weight is 342 g/mol. The van der Waals surface area contributed by atoms with E-state index in [9.17, 15) is 9.59 Å². The summed E-state index contributed by atoms with van der Waals surface area (Å²) in [6, 6.07) is 7.06. The lowest BCUT2D eigenvalue weighted by atomic mass is 9.60. The highest BCUT2D eigenvalue weighted by molar-refractivity contribution is 5.92. The number of methoxy groups -OCH3 is 1. The molecule has 1 aliphatic carbocycles. The van der Waals surface area contributed by atoms with Crippen LogP contribution in [0.3, 0.4) is 0 Å². The van der Waals surface area contributed by atoms with E-state index in [1.54, 1.807) is 18.2 Å². The molecular weight excluding hydrogens is 316 g/mol. The van der Waals surface area contributed by atoms with E-state index >= 15 is 0 Å². The molecule has 0 radical (unpaired) electrons. The van der Waals surface area contributed by atoms with Gasteiger partial charge in [0.2, 0.25) is 0 Å². The Kier molecular flexibility index (Phi) is 5.57. The largest absolute Gasteiger partial charge is 0.465 e. The minimum atomic E-state index is -0.875. The molecule has 0 heterocycles. The second-order valence-electron chi connectivity index (χ2n) is 7.29. The SMILES string of the molecule is COC(=O)c1ccccc1C#CC1(OC(C)=O)C(C)CCCC1(C)C. The zero-order chi connectivity index (χ0) is 18.7. The van der Waals surface area contributed by atoms with Crippen LogP contribution in [0.25, 0.3) is 0 Å². The zero-order valence-electron chi connectivity index (χ0n) is 15.6. The molecule has 4 nitrogen and oxygen atoms in total. The first-order chi connectivity index (χ1) is 11.7. The zero-order valence-corrected chi connectivity index (χ0v) is 15.6. The number of hydrogen-bond acceptors (Lipinski definition) is 4. The molecule has 0 spiro atoms. The summed E-state index contributed by atoms with van der Waals surface area (Å²) in [7, 11) is 1.35. The quantitative estimate of drug-likeness (QED) is 0.603. The van der Waals surface area contributed by atoms with E-state index in [4.69, 9.17) is 9.47 Å². The van der Waals surface area contributed by atoms with Gasteiger partial charge in [0, 0.05) is 23.8 Å². The summed E-state index contributed by atoms with van der Waals surface area (Å²) in [6.45, 7) is 7.67. The summed E-state index contributed by atoms with van der Waals surface area (Å²) in [6.07, 6.45) is 2.96. The standard InChI is InChI=1S/C21H26O4/c1-15-9-8-13-20(3,4)21(15,25-16(2)22)14-12-17-10-6-7-11-18(17)19(23)24-5/h6-7,10-11,15H,8-9,13H2,1-5H3. The van der Waals surface area contributed by atoms with Gasteiger partial charge in [0.25, 0.3) is 0 Å². The van der Waals surface area contributed by atoms with Crippen LogP contribution in [0.2, 0.25) is 0 Å². The average Bonchev–Trinajstić information content (AvgIpc) is 2.56. The Labute approximate surface area is 149 Å². The van der Waals surface area contributed by atoms with Gasteiger partial charge in [0.05, 0.1) is 12.7 Å². The van der Waals surface area contributed by atoms with E-state index in [1.165, 1.54) is 14.0 Å². The second kappa shape index (κ2) is 7.31. The highest BCUT2D eigenvalue weighted by atomic mass is 16.6. The van der Waals surface area contributed by atoms with Crippen LogP contribution in [-0.2, 0) is 14.3 Å². The highest BCUT2D eigenvalue weighted by Crippen LogP contribution is 2.49. The molecule has 1 fully saturated rings. The Balaban J connectivity index is 2.56. The Morgan fingerprint density at radius 1 is 1.24 bits per heavy atom. The fourth-order valence-corrected chi connectivity index (χ4v) is 3.73. The van der Waals surface area contributed by atoms with Crippen LogP contribution in [0, 0.1) is 23.2 Å². The first-order valence-electron chi connectivity index (χ1n) is 8.63. The van der Waals surface area contributed by atoms with Crippen molar-refractivity contribution in [2.75, 3.05) is 7.11 Å². The molecule has 0 amide bonds. The predicted molar refractivity (Wildman–Crippen MR) is 96.0 cm³/mol. The number of carbonyl (C=O) groups excluding carboxylic acids is 2. The minimum Gasteiger partial charge on any atom is -0.465 e. The maximum atomic E-state index is 12.0. The predicted octanol–water partition coefficient (Wildman–Crippen LogP) is 3.97.